The molecule has 0 saturated heterocycles. The smallest absolute Gasteiger partial charge is 0.107 e. The molecule has 1 aliphatic carbocycles. The van der Waals surface area contributed by atoms with Crippen LogP contribution >= 0.6 is 11.3 Å². The summed E-state index contributed by atoms with van der Waals surface area (Å²) >= 11 is 1.76. The van der Waals surface area contributed by atoms with Gasteiger partial charge in [0.2, 0.25) is 0 Å². The molecule has 1 saturated carbocycles. The largest absolute Gasteiger partial charge is 0.314 e. The van der Waals surface area contributed by atoms with Gasteiger partial charge in [0, 0.05) is 25.0 Å². The molecule has 1 aromatic rings. The van der Waals surface area contributed by atoms with Gasteiger partial charge < -0.3 is 10.2 Å². The van der Waals surface area contributed by atoms with Gasteiger partial charge in [-0.1, -0.05) is 12.8 Å². The molecule has 0 amide bonds. The average molecular weight is 253 g/mol. The van der Waals surface area contributed by atoms with Crippen LogP contribution in [0.3, 0.4) is 0 Å². The van der Waals surface area contributed by atoms with Gasteiger partial charge in [-0.05, 0) is 32.9 Å². The molecule has 0 unspecified atom stereocenters. The highest BCUT2D eigenvalue weighted by Gasteiger charge is 2.17. The van der Waals surface area contributed by atoms with Crippen LogP contribution in [0.1, 0.15) is 36.4 Å². The number of nitrogens with one attached hydrogen (secondary N) is 1. The van der Waals surface area contributed by atoms with Crippen molar-refractivity contribution in [2.24, 2.45) is 5.92 Å². The van der Waals surface area contributed by atoms with Crippen LogP contribution < -0.4 is 5.32 Å². The highest BCUT2D eigenvalue weighted by molar-refractivity contribution is 7.09. The Morgan fingerprint density at radius 3 is 2.94 bits per heavy atom. The van der Waals surface area contributed by atoms with E-state index in [0.29, 0.717) is 0 Å². The molecule has 2 rings (SSSR count). The van der Waals surface area contributed by atoms with Crippen LogP contribution in [0.2, 0.25) is 0 Å². The zero-order valence-electron chi connectivity index (χ0n) is 10.9. The monoisotopic (exact) mass is 253 g/mol. The molecule has 0 radical (unpaired) electrons. The first kappa shape index (κ1) is 13.0. The second kappa shape index (κ2) is 6.47. The standard InChI is InChI=1S/C13H23N3S/c1-14-7-13-15-12(10-17-13)9-16(2)8-11-5-3-4-6-11/h10-11,14H,3-9H2,1-2H3. The van der Waals surface area contributed by atoms with Crippen LogP contribution in [0.25, 0.3) is 0 Å². The average Bonchev–Trinajstić information content (AvgIpc) is 2.91. The third kappa shape index (κ3) is 4.05. The predicted molar refractivity (Wildman–Crippen MR) is 73.2 cm³/mol. The van der Waals surface area contributed by atoms with E-state index in [1.807, 2.05) is 7.05 Å². The second-order valence-corrected chi connectivity index (χ2v) is 6.05. The number of rotatable bonds is 6. The summed E-state index contributed by atoms with van der Waals surface area (Å²) in [6.45, 7) is 3.12. The van der Waals surface area contributed by atoms with Crippen LogP contribution in [-0.4, -0.2) is 30.5 Å². The van der Waals surface area contributed by atoms with Gasteiger partial charge >= 0.3 is 0 Å². The van der Waals surface area contributed by atoms with E-state index in [1.54, 1.807) is 11.3 Å². The maximum absolute atomic E-state index is 4.63. The normalized spacial score (nSPS) is 17.1. The van der Waals surface area contributed by atoms with Crippen molar-refractivity contribution < 1.29 is 0 Å². The third-order valence-corrected chi connectivity index (χ3v) is 4.30. The molecule has 17 heavy (non-hydrogen) atoms. The summed E-state index contributed by atoms with van der Waals surface area (Å²) in [6.07, 6.45) is 5.71. The van der Waals surface area contributed by atoms with E-state index in [4.69, 9.17) is 0 Å². The Morgan fingerprint density at radius 2 is 2.24 bits per heavy atom. The first-order valence-corrected chi connectivity index (χ1v) is 7.42. The Morgan fingerprint density at radius 1 is 1.47 bits per heavy atom. The topological polar surface area (TPSA) is 28.2 Å². The Kier molecular flexibility index (Phi) is 4.95. The summed E-state index contributed by atoms with van der Waals surface area (Å²) in [5.74, 6) is 0.926. The van der Waals surface area contributed by atoms with Crippen molar-refractivity contribution in [1.82, 2.24) is 15.2 Å². The molecule has 1 aliphatic rings. The van der Waals surface area contributed by atoms with E-state index in [0.717, 1.165) is 19.0 Å². The lowest BCUT2D eigenvalue weighted by atomic mass is 10.1. The van der Waals surface area contributed by atoms with Crippen molar-refractivity contribution in [2.75, 3.05) is 20.6 Å². The number of nitrogens with zero attached hydrogens (tertiary/aromatic N) is 2. The SMILES string of the molecule is CNCc1nc(CN(C)CC2CCCC2)cs1. The van der Waals surface area contributed by atoms with Gasteiger partial charge in [0.25, 0.3) is 0 Å². The fourth-order valence-corrected chi connectivity index (χ4v) is 3.43. The van der Waals surface area contributed by atoms with Gasteiger partial charge in [-0.3, -0.25) is 0 Å². The van der Waals surface area contributed by atoms with E-state index in [9.17, 15) is 0 Å². The zero-order valence-corrected chi connectivity index (χ0v) is 11.7. The summed E-state index contributed by atoms with van der Waals surface area (Å²) in [7, 11) is 4.18. The second-order valence-electron chi connectivity index (χ2n) is 5.11. The summed E-state index contributed by atoms with van der Waals surface area (Å²) in [5.41, 5.74) is 1.22. The molecule has 0 atom stereocenters. The lowest BCUT2D eigenvalue weighted by molar-refractivity contribution is 0.269. The highest BCUT2D eigenvalue weighted by Crippen LogP contribution is 2.25. The van der Waals surface area contributed by atoms with Crippen molar-refractivity contribution in [3.8, 4) is 0 Å². The fourth-order valence-electron chi connectivity index (χ4n) is 2.63. The van der Waals surface area contributed by atoms with Crippen LogP contribution in [0.15, 0.2) is 5.38 Å². The van der Waals surface area contributed by atoms with Gasteiger partial charge in [-0.25, -0.2) is 4.98 Å². The molecule has 0 spiro atoms. The lowest BCUT2D eigenvalue weighted by Gasteiger charge is -2.19. The molecule has 1 aromatic heterocycles. The van der Waals surface area contributed by atoms with Crippen LogP contribution in [0.4, 0.5) is 0 Å². The van der Waals surface area contributed by atoms with Gasteiger partial charge in [0.15, 0.2) is 0 Å². The summed E-state index contributed by atoms with van der Waals surface area (Å²) < 4.78 is 0. The number of aromatic nitrogens is 1. The van der Waals surface area contributed by atoms with Crippen LogP contribution in [0.5, 0.6) is 0 Å². The molecule has 1 N–H and O–H groups in total. The summed E-state index contributed by atoms with van der Waals surface area (Å²) in [6, 6.07) is 0. The lowest BCUT2D eigenvalue weighted by Crippen LogP contribution is -2.24. The number of thiazole rings is 1. The zero-order chi connectivity index (χ0) is 12.1. The van der Waals surface area contributed by atoms with E-state index in [-0.39, 0.29) is 0 Å². The van der Waals surface area contributed by atoms with Crippen LogP contribution in [-0.2, 0) is 13.1 Å². The van der Waals surface area contributed by atoms with Crippen molar-refractivity contribution in [3.05, 3.63) is 16.1 Å². The first-order valence-electron chi connectivity index (χ1n) is 6.54. The summed E-state index contributed by atoms with van der Waals surface area (Å²) in [5, 5.41) is 6.53. The van der Waals surface area contributed by atoms with Gasteiger partial charge in [-0.15, -0.1) is 11.3 Å². The Balaban J connectivity index is 1.78. The highest BCUT2D eigenvalue weighted by atomic mass is 32.1. The van der Waals surface area contributed by atoms with E-state index < -0.39 is 0 Å². The predicted octanol–water partition coefficient (Wildman–Crippen LogP) is 2.48. The molecule has 0 aliphatic heterocycles. The third-order valence-electron chi connectivity index (χ3n) is 3.40. The molecule has 3 nitrogen and oxygen atoms in total. The number of hydrogen-bond acceptors (Lipinski definition) is 4. The van der Waals surface area contributed by atoms with Crippen molar-refractivity contribution in [2.45, 2.75) is 38.8 Å². The van der Waals surface area contributed by atoms with Gasteiger partial charge in [-0.2, -0.15) is 0 Å². The van der Waals surface area contributed by atoms with Crippen molar-refractivity contribution in [1.29, 1.82) is 0 Å². The van der Waals surface area contributed by atoms with Gasteiger partial charge in [0.1, 0.15) is 5.01 Å². The minimum Gasteiger partial charge on any atom is -0.314 e. The molecule has 1 heterocycles. The number of hydrogen-bond donors (Lipinski definition) is 1. The van der Waals surface area contributed by atoms with Crippen LogP contribution in [0, 0.1) is 5.92 Å². The molecular weight excluding hydrogens is 230 g/mol. The summed E-state index contributed by atoms with van der Waals surface area (Å²) in [4.78, 5) is 7.05. The Labute approximate surface area is 108 Å². The Bertz CT molecular complexity index is 331. The maximum atomic E-state index is 4.63. The minimum absolute atomic E-state index is 0.886. The quantitative estimate of drug-likeness (QED) is 0.844. The Hall–Kier alpha value is -0.450. The molecule has 4 heteroatoms. The maximum Gasteiger partial charge on any atom is 0.107 e. The van der Waals surface area contributed by atoms with E-state index >= 15 is 0 Å². The van der Waals surface area contributed by atoms with Crippen molar-refractivity contribution in [3.63, 3.8) is 0 Å². The van der Waals surface area contributed by atoms with E-state index in [2.05, 4.69) is 27.6 Å². The molecule has 0 bridgehead atoms. The van der Waals surface area contributed by atoms with Gasteiger partial charge in [0.05, 0.1) is 5.69 Å². The molecular formula is C13H23N3S. The van der Waals surface area contributed by atoms with Crippen molar-refractivity contribution >= 4 is 11.3 Å². The molecule has 96 valence electrons. The van der Waals surface area contributed by atoms with E-state index in [1.165, 1.54) is 42.9 Å². The fraction of sp³-hybridized carbons (Fsp3) is 0.769. The minimum atomic E-state index is 0.886. The molecule has 1 fully saturated rings. The first-order chi connectivity index (χ1) is 8.28. The molecule has 0 aromatic carbocycles.